The minimum Gasteiger partial charge on any atom is -0.391 e. The molecule has 6 nitrogen and oxygen atoms in total. The molecule has 0 saturated carbocycles. The number of nitrogens with zero attached hydrogens (tertiary/aromatic N) is 2. The second-order valence-electron chi connectivity index (χ2n) is 5.53. The van der Waals surface area contributed by atoms with E-state index in [4.69, 9.17) is 5.73 Å². The molecule has 2 heterocycles. The van der Waals surface area contributed by atoms with Gasteiger partial charge in [0.15, 0.2) is 0 Å². The van der Waals surface area contributed by atoms with Gasteiger partial charge in [-0.3, -0.25) is 14.8 Å². The lowest BCUT2D eigenvalue weighted by molar-refractivity contribution is -0.124. The molecule has 0 aliphatic carbocycles. The van der Waals surface area contributed by atoms with Crippen molar-refractivity contribution in [2.24, 2.45) is 5.73 Å². The van der Waals surface area contributed by atoms with Crippen LogP contribution in [0.25, 0.3) is 11.1 Å². The molecule has 0 radical (unpaired) electrons. The molecular weight excluding hydrogens is 292 g/mol. The van der Waals surface area contributed by atoms with Crippen molar-refractivity contribution < 1.29 is 9.90 Å². The van der Waals surface area contributed by atoms with Gasteiger partial charge in [-0.05, 0) is 26.0 Å². The first-order chi connectivity index (χ1) is 11.0. The van der Waals surface area contributed by atoms with Crippen LogP contribution in [0.4, 0.5) is 0 Å². The molecule has 0 aromatic carbocycles. The standard InChI is InChI=1S/C17H22N4O2/c1-11-3-4-13(9-20-11)14-5-6-15(21-10-14)7-8-19-17(23)16(18)12(2)22/h3-6,9-10,12,16,22H,7-8,18H2,1-2H3,(H,19,23)/t12-,16+/m1/s1. The highest BCUT2D eigenvalue weighted by Gasteiger charge is 2.17. The van der Waals surface area contributed by atoms with E-state index in [1.807, 2.05) is 37.4 Å². The third-order valence-corrected chi connectivity index (χ3v) is 3.57. The third-order valence-electron chi connectivity index (χ3n) is 3.57. The van der Waals surface area contributed by atoms with Crippen LogP contribution in [0.1, 0.15) is 18.3 Å². The maximum Gasteiger partial charge on any atom is 0.239 e. The van der Waals surface area contributed by atoms with Gasteiger partial charge < -0.3 is 16.2 Å². The Bertz CT molecular complexity index is 639. The number of hydrogen-bond donors (Lipinski definition) is 3. The Morgan fingerprint density at radius 2 is 1.87 bits per heavy atom. The smallest absolute Gasteiger partial charge is 0.239 e. The minimum atomic E-state index is -0.903. The molecule has 0 fully saturated rings. The van der Waals surface area contributed by atoms with Gasteiger partial charge in [0.2, 0.25) is 5.91 Å². The summed E-state index contributed by atoms with van der Waals surface area (Å²) in [5, 5.41) is 12.0. The van der Waals surface area contributed by atoms with Crippen LogP contribution in [0.5, 0.6) is 0 Å². The predicted molar refractivity (Wildman–Crippen MR) is 88.6 cm³/mol. The quantitative estimate of drug-likeness (QED) is 0.733. The molecule has 0 unspecified atom stereocenters. The Hall–Kier alpha value is -2.31. The number of amides is 1. The van der Waals surface area contributed by atoms with Gasteiger partial charge in [-0.1, -0.05) is 12.1 Å². The molecule has 2 aromatic heterocycles. The Morgan fingerprint density at radius 3 is 2.39 bits per heavy atom. The molecule has 122 valence electrons. The van der Waals surface area contributed by atoms with Crippen LogP contribution in [0, 0.1) is 6.92 Å². The van der Waals surface area contributed by atoms with Gasteiger partial charge in [0.1, 0.15) is 6.04 Å². The zero-order chi connectivity index (χ0) is 16.8. The zero-order valence-corrected chi connectivity index (χ0v) is 13.4. The first kappa shape index (κ1) is 17.1. The molecule has 0 bridgehead atoms. The highest BCUT2D eigenvalue weighted by Crippen LogP contribution is 2.17. The lowest BCUT2D eigenvalue weighted by Gasteiger charge is -2.14. The average Bonchev–Trinajstić information content (AvgIpc) is 2.55. The fraction of sp³-hybridized carbons (Fsp3) is 0.353. The molecule has 0 aliphatic heterocycles. The summed E-state index contributed by atoms with van der Waals surface area (Å²) in [5.41, 5.74) is 9.42. The SMILES string of the molecule is Cc1ccc(-c2ccc(CCNC(=O)[C@@H](N)[C@@H](C)O)nc2)cn1. The maximum atomic E-state index is 11.6. The van der Waals surface area contributed by atoms with Gasteiger partial charge in [-0.25, -0.2) is 0 Å². The van der Waals surface area contributed by atoms with E-state index in [1.54, 1.807) is 6.20 Å². The maximum absolute atomic E-state index is 11.6. The lowest BCUT2D eigenvalue weighted by atomic mass is 10.1. The van der Waals surface area contributed by atoms with Crippen molar-refractivity contribution in [2.45, 2.75) is 32.4 Å². The molecule has 0 spiro atoms. The number of carbonyl (C=O) groups is 1. The van der Waals surface area contributed by atoms with E-state index in [-0.39, 0.29) is 5.91 Å². The van der Waals surface area contributed by atoms with E-state index >= 15 is 0 Å². The van der Waals surface area contributed by atoms with E-state index in [0.29, 0.717) is 13.0 Å². The van der Waals surface area contributed by atoms with Crippen LogP contribution >= 0.6 is 0 Å². The van der Waals surface area contributed by atoms with Gasteiger partial charge in [-0.2, -0.15) is 0 Å². The van der Waals surface area contributed by atoms with Crippen molar-refractivity contribution in [2.75, 3.05) is 6.54 Å². The average molecular weight is 314 g/mol. The van der Waals surface area contributed by atoms with Crippen molar-refractivity contribution in [1.82, 2.24) is 15.3 Å². The number of aliphatic hydroxyl groups excluding tert-OH is 1. The summed E-state index contributed by atoms with van der Waals surface area (Å²) in [5.74, 6) is -0.359. The first-order valence-corrected chi connectivity index (χ1v) is 7.56. The highest BCUT2D eigenvalue weighted by atomic mass is 16.3. The van der Waals surface area contributed by atoms with Crippen molar-refractivity contribution in [1.29, 1.82) is 0 Å². The normalized spacial score (nSPS) is 13.4. The summed E-state index contributed by atoms with van der Waals surface area (Å²) in [6.45, 7) is 3.87. The summed E-state index contributed by atoms with van der Waals surface area (Å²) in [6.07, 6.45) is 3.36. The number of nitrogens with two attached hydrogens (primary N) is 1. The molecule has 2 atom stereocenters. The van der Waals surface area contributed by atoms with Gasteiger partial charge >= 0.3 is 0 Å². The minimum absolute atomic E-state index is 0.359. The summed E-state index contributed by atoms with van der Waals surface area (Å²) < 4.78 is 0. The highest BCUT2D eigenvalue weighted by molar-refractivity contribution is 5.82. The topological polar surface area (TPSA) is 101 Å². The fourth-order valence-corrected chi connectivity index (χ4v) is 2.03. The molecule has 2 rings (SSSR count). The van der Waals surface area contributed by atoms with E-state index < -0.39 is 12.1 Å². The van der Waals surface area contributed by atoms with Crippen molar-refractivity contribution in [3.05, 3.63) is 48.0 Å². The van der Waals surface area contributed by atoms with Gasteiger partial charge in [0.25, 0.3) is 0 Å². The first-order valence-electron chi connectivity index (χ1n) is 7.56. The molecule has 2 aromatic rings. The number of aliphatic hydroxyl groups is 1. The number of aromatic nitrogens is 2. The van der Waals surface area contributed by atoms with Crippen molar-refractivity contribution in [3.8, 4) is 11.1 Å². The van der Waals surface area contributed by atoms with Crippen molar-refractivity contribution >= 4 is 5.91 Å². The molecule has 6 heteroatoms. The number of pyridine rings is 2. The van der Waals surface area contributed by atoms with E-state index in [9.17, 15) is 9.90 Å². The number of aryl methyl sites for hydroxylation is 1. The summed E-state index contributed by atoms with van der Waals surface area (Å²) in [7, 11) is 0. The zero-order valence-electron chi connectivity index (χ0n) is 13.4. The van der Waals surface area contributed by atoms with Crippen LogP contribution in [-0.4, -0.2) is 39.7 Å². The summed E-state index contributed by atoms with van der Waals surface area (Å²) in [4.78, 5) is 20.3. The second-order valence-corrected chi connectivity index (χ2v) is 5.53. The second kappa shape index (κ2) is 7.80. The molecule has 0 aliphatic rings. The Balaban J connectivity index is 1.88. The number of hydrogen-bond acceptors (Lipinski definition) is 5. The third kappa shape index (κ3) is 4.84. The molecule has 23 heavy (non-hydrogen) atoms. The lowest BCUT2D eigenvalue weighted by Crippen LogP contribution is -2.47. The largest absolute Gasteiger partial charge is 0.391 e. The van der Waals surface area contributed by atoms with Crippen LogP contribution in [0.15, 0.2) is 36.7 Å². The molecule has 1 amide bonds. The summed E-state index contributed by atoms with van der Waals surface area (Å²) >= 11 is 0. The van der Waals surface area contributed by atoms with E-state index in [2.05, 4.69) is 15.3 Å². The van der Waals surface area contributed by atoms with E-state index in [1.165, 1.54) is 6.92 Å². The predicted octanol–water partition coefficient (Wildman–Crippen LogP) is 0.819. The molecule has 0 saturated heterocycles. The van der Waals surface area contributed by atoms with E-state index in [0.717, 1.165) is 22.5 Å². The Kier molecular flexibility index (Phi) is 5.78. The van der Waals surface area contributed by atoms with Crippen LogP contribution in [0.2, 0.25) is 0 Å². The van der Waals surface area contributed by atoms with Crippen molar-refractivity contribution in [3.63, 3.8) is 0 Å². The van der Waals surface area contributed by atoms with Crippen LogP contribution in [0.3, 0.4) is 0 Å². The van der Waals surface area contributed by atoms with Crippen LogP contribution in [-0.2, 0) is 11.2 Å². The monoisotopic (exact) mass is 314 g/mol. The number of nitrogens with one attached hydrogen (secondary N) is 1. The number of rotatable bonds is 6. The summed E-state index contributed by atoms with van der Waals surface area (Å²) in [6, 6.07) is 6.98. The van der Waals surface area contributed by atoms with Gasteiger partial charge in [0.05, 0.1) is 6.10 Å². The van der Waals surface area contributed by atoms with Crippen LogP contribution < -0.4 is 11.1 Å². The fourth-order valence-electron chi connectivity index (χ4n) is 2.03. The molecule has 4 N–H and O–H groups in total. The number of carbonyl (C=O) groups excluding carboxylic acids is 1. The molecular formula is C17H22N4O2. The van der Waals surface area contributed by atoms with Gasteiger partial charge in [-0.15, -0.1) is 0 Å². The Labute approximate surface area is 135 Å². The Morgan fingerprint density at radius 1 is 1.22 bits per heavy atom. The van der Waals surface area contributed by atoms with Gasteiger partial charge in [0, 0.05) is 47.9 Å².